The zero-order valence-electron chi connectivity index (χ0n) is 16.9. The number of rotatable bonds is 11. The molecule has 1 aromatic heterocycles. The van der Waals surface area contributed by atoms with E-state index in [4.69, 9.17) is 13.8 Å². The zero-order valence-corrected chi connectivity index (χ0v) is 18.6. The predicted octanol–water partition coefficient (Wildman–Crippen LogP) is 3.57. The van der Waals surface area contributed by atoms with Gasteiger partial charge in [-0.3, -0.25) is 14.7 Å². The number of nitrogens with zero attached hydrogens (tertiary/aromatic N) is 2. The standard InChI is InChI=1S/C18H26N3O6PS/c1-13(2)26-28(24,27-14(3)4)12-25-11-10-21-18(23)20-17(29-21)19-16(22)15-8-6-5-7-9-15/h5-9,13-14H,10-12H2,1-4H3,(H,19,20,22,23). The molecular formula is C18H26N3O6PS. The Kier molecular flexibility index (Phi) is 8.73. The molecule has 0 aliphatic carbocycles. The van der Waals surface area contributed by atoms with Gasteiger partial charge in [-0.1, -0.05) is 18.2 Å². The van der Waals surface area contributed by atoms with Crippen LogP contribution in [0.2, 0.25) is 0 Å². The molecule has 0 saturated carbocycles. The Hall–Kier alpha value is -1.84. The summed E-state index contributed by atoms with van der Waals surface area (Å²) in [4.78, 5) is 28.0. The van der Waals surface area contributed by atoms with Crippen LogP contribution < -0.4 is 11.0 Å². The lowest BCUT2D eigenvalue weighted by Crippen LogP contribution is -2.19. The van der Waals surface area contributed by atoms with E-state index < -0.39 is 13.3 Å². The minimum Gasteiger partial charge on any atom is -0.367 e. The maximum absolute atomic E-state index is 12.7. The number of ether oxygens (including phenoxy) is 1. The van der Waals surface area contributed by atoms with E-state index in [1.807, 2.05) is 0 Å². The number of benzene rings is 1. The number of amides is 1. The molecule has 2 rings (SSSR count). The van der Waals surface area contributed by atoms with E-state index in [1.54, 1.807) is 58.0 Å². The van der Waals surface area contributed by atoms with Crippen molar-refractivity contribution in [2.24, 2.45) is 0 Å². The molecule has 0 radical (unpaired) electrons. The molecule has 9 nitrogen and oxygen atoms in total. The molecule has 0 unspecified atom stereocenters. The maximum atomic E-state index is 12.7. The number of nitrogens with one attached hydrogen (secondary N) is 1. The van der Waals surface area contributed by atoms with Gasteiger partial charge in [0.15, 0.2) is 0 Å². The highest BCUT2D eigenvalue weighted by molar-refractivity contribution is 7.53. The third kappa shape index (κ3) is 7.83. The van der Waals surface area contributed by atoms with Crippen LogP contribution in [0.5, 0.6) is 0 Å². The van der Waals surface area contributed by atoms with Gasteiger partial charge < -0.3 is 13.8 Å². The molecule has 0 atom stereocenters. The predicted molar refractivity (Wildman–Crippen MR) is 112 cm³/mol. The first-order valence-electron chi connectivity index (χ1n) is 9.16. The number of carbonyl (C=O) groups is 1. The van der Waals surface area contributed by atoms with Crippen molar-refractivity contribution in [1.82, 2.24) is 8.94 Å². The Morgan fingerprint density at radius 1 is 1.17 bits per heavy atom. The van der Waals surface area contributed by atoms with E-state index in [-0.39, 0.29) is 42.7 Å². The van der Waals surface area contributed by atoms with Gasteiger partial charge >= 0.3 is 13.3 Å². The summed E-state index contributed by atoms with van der Waals surface area (Å²) >= 11 is 1.01. The Morgan fingerprint density at radius 2 is 1.79 bits per heavy atom. The van der Waals surface area contributed by atoms with E-state index in [2.05, 4.69) is 10.3 Å². The van der Waals surface area contributed by atoms with Gasteiger partial charge in [-0.2, -0.15) is 4.98 Å². The van der Waals surface area contributed by atoms with Crippen molar-refractivity contribution in [3.63, 3.8) is 0 Å². The lowest BCUT2D eigenvalue weighted by molar-refractivity contribution is 0.0962. The molecule has 160 valence electrons. The fourth-order valence-corrected chi connectivity index (χ4v) is 4.87. The molecule has 29 heavy (non-hydrogen) atoms. The van der Waals surface area contributed by atoms with Gasteiger partial charge in [0.25, 0.3) is 5.91 Å². The van der Waals surface area contributed by atoms with Crippen LogP contribution in [0.15, 0.2) is 35.1 Å². The molecule has 0 bridgehead atoms. The van der Waals surface area contributed by atoms with Crippen molar-refractivity contribution in [1.29, 1.82) is 0 Å². The molecule has 0 fully saturated rings. The van der Waals surface area contributed by atoms with E-state index in [0.29, 0.717) is 5.56 Å². The van der Waals surface area contributed by atoms with Crippen LogP contribution in [0.3, 0.4) is 0 Å². The van der Waals surface area contributed by atoms with Crippen molar-refractivity contribution < 1.29 is 23.1 Å². The molecule has 1 amide bonds. The zero-order chi connectivity index (χ0) is 21.4. The minimum absolute atomic E-state index is 0.112. The average Bonchev–Trinajstić information content (AvgIpc) is 2.97. The molecule has 11 heteroatoms. The van der Waals surface area contributed by atoms with Gasteiger partial charge in [-0.05, 0) is 51.4 Å². The van der Waals surface area contributed by atoms with Crippen LogP contribution in [0.4, 0.5) is 5.13 Å². The van der Waals surface area contributed by atoms with E-state index in [1.165, 1.54) is 3.96 Å². The van der Waals surface area contributed by atoms with Crippen LogP contribution in [-0.2, 0) is 24.9 Å². The molecule has 1 N–H and O–H groups in total. The first kappa shape index (κ1) is 23.4. The van der Waals surface area contributed by atoms with Crippen LogP contribution in [0, 0.1) is 0 Å². The van der Waals surface area contributed by atoms with Gasteiger partial charge in [-0.25, -0.2) is 8.75 Å². The number of hydrogen-bond donors (Lipinski definition) is 1. The monoisotopic (exact) mass is 443 g/mol. The third-order valence-corrected chi connectivity index (χ3v) is 6.20. The molecular weight excluding hydrogens is 417 g/mol. The summed E-state index contributed by atoms with van der Waals surface area (Å²) in [6.45, 7) is 7.36. The maximum Gasteiger partial charge on any atom is 0.359 e. The van der Waals surface area contributed by atoms with Gasteiger partial charge in [0.1, 0.15) is 6.35 Å². The van der Waals surface area contributed by atoms with Crippen molar-refractivity contribution in [3.8, 4) is 0 Å². The molecule has 1 aromatic carbocycles. The number of hydrogen-bond acceptors (Lipinski definition) is 8. The Bertz CT molecular complexity index is 883. The number of anilines is 1. The molecule has 0 spiro atoms. The van der Waals surface area contributed by atoms with Crippen molar-refractivity contribution in [2.75, 3.05) is 18.3 Å². The second-order valence-electron chi connectivity index (χ2n) is 6.67. The lowest BCUT2D eigenvalue weighted by atomic mass is 10.2. The van der Waals surface area contributed by atoms with Crippen LogP contribution in [0.1, 0.15) is 38.1 Å². The minimum atomic E-state index is -3.39. The fraction of sp³-hybridized carbons (Fsp3) is 0.500. The second-order valence-corrected chi connectivity index (χ2v) is 9.58. The molecule has 0 aliphatic rings. The Morgan fingerprint density at radius 3 is 2.38 bits per heavy atom. The smallest absolute Gasteiger partial charge is 0.359 e. The van der Waals surface area contributed by atoms with E-state index in [9.17, 15) is 14.2 Å². The largest absolute Gasteiger partial charge is 0.367 e. The topological polar surface area (TPSA) is 109 Å². The Balaban J connectivity index is 1.89. The fourth-order valence-electron chi connectivity index (χ4n) is 2.31. The van der Waals surface area contributed by atoms with Crippen LogP contribution in [0.25, 0.3) is 0 Å². The van der Waals surface area contributed by atoms with Crippen LogP contribution >= 0.6 is 19.1 Å². The van der Waals surface area contributed by atoms with Gasteiger partial charge in [0.2, 0.25) is 5.13 Å². The van der Waals surface area contributed by atoms with Crippen LogP contribution in [-0.4, -0.2) is 40.0 Å². The van der Waals surface area contributed by atoms with Gasteiger partial charge in [-0.15, -0.1) is 0 Å². The summed E-state index contributed by atoms with van der Waals surface area (Å²) in [7, 11) is -3.39. The SMILES string of the molecule is CC(C)OP(=O)(COCCn1sc(NC(=O)c2ccccc2)nc1=O)OC(C)C. The van der Waals surface area contributed by atoms with Crippen molar-refractivity contribution in [2.45, 2.75) is 46.4 Å². The Labute approximate surface area is 173 Å². The van der Waals surface area contributed by atoms with Crippen molar-refractivity contribution in [3.05, 3.63) is 46.4 Å². The summed E-state index contributed by atoms with van der Waals surface area (Å²) in [5.41, 5.74) is -0.0295. The van der Waals surface area contributed by atoms with Crippen molar-refractivity contribution >= 4 is 30.2 Å². The highest BCUT2D eigenvalue weighted by Gasteiger charge is 2.28. The molecule has 0 saturated heterocycles. The molecule has 0 aliphatic heterocycles. The quantitative estimate of drug-likeness (QED) is 0.418. The highest BCUT2D eigenvalue weighted by atomic mass is 32.1. The first-order chi connectivity index (χ1) is 13.7. The molecule has 2 aromatic rings. The summed E-state index contributed by atoms with van der Waals surface area (Å²) in [5.74, 6) is -0.347. The van der Waals surface area contributed by atoms with E-state index >= 15 is 0 Å². The summed E-state index contributed by atoms with van der Waals surface area (Å²) in [5, 5.41) is 2.79. The third-order valence-electron chi connectivity index (χ3n) is 3.29. The number of carbonyl (C=O) groups excluding carboxylic acids is 1. The normalized spacial score (nSPS) is 11.9. The summed E-state index contributed by atoms with van der Waals surface area (Å²) < 4.78 is 30.3. The lowest BCUT2D eigenvalue weighted by Gasteiger charge is -2.22. The number of aromatic nitrogens is 2. The summed E-state index contributed by atoms with van der Waals surface area (Å²) in [6.07, 6.45) is -0.764. The average molecular weight is 443 g/mol. The highest BCUT2D eigenvalue weighted by Crippen LogP contribution is 2.50. The van der Waals surface area contributed by atoms with Gasteiger partial charge in [0.05, 0.1) is 25.4 Å². The first-order valence-corrected chi connectivity index (χ1v) is 11.7. The molecule has 1 heterocycles. The van der Waals surface area contributed by atoms with E-state index in [0.717, 1.165) is 11.5 Å². The summed E-state index contributed by atoms with van der Waals surface area (Å²) in [6, 6.07) is 8.64. The van der Waals surface area contributed by atoms with Gasteiger partial charge in [0, 0.05) is 5.56 Å². The second kappa shape index (κ2) is 10.8.